The molecule has 12 atom stereocenters. The van der Waals surface area contributed by atoms with Crippen molar-refractivity contribution in [3.05, 3.63) is 0 Å². The van der Waals surface area contributed by atoms with Crippen LogP contribution >= 0.6 is 46.4 Å². The molecule has 0 aromatic rings. The van der Waals surface area contributed by atoms with Crippen LogP contribution in [0, 0.1) is 35.5 Å². The maximum absolute atomic E-state index is 13.2. The van der Waals surface area contributed by atoms with E-state index in [0.29, 0.717) is 0 Å². The monoisotopic (exact) mass is 554 g/mol. The minimum absolute atomic E-state index is 0.716. The van der Waals surface area contributed by atoms with Gasteiger partial charge in [-0.3, -0.25) is 19.2 Å². The van der Waals surface area contributed by atoms with Crippen LogP contribution in [-0.2, 0) is 42.9 Å². The number of carbonyl (C=O) groups excluding carboxylic acids is 4. The minimum atomic E-state index is -1.84. The number of esters is 4. The molecule has 0 N–H and O–H groups in total. The lowest BCUT2D eigenvalue weighted by Crippen LogP contribution is -2.84. The average molecular weight is 556 g/mol. The van der Waals surface area contributed by atoms with Gasteiger partial charge in [0.1, 0.15) is 32.8 Å². The van der Waals surface area contributed by atoms with Crippen molar-refractivity contribution in [2.45, 2.75) is 50.3 Å². The summed E-state index contributed by atoms with van der Waals surface area (Å²) in [6.07, 6.45) is 0. The van der Waals surface area contributed by atoms with Gasteiger partial charge in [-0.1, -0.05) is 0 Å². The summed E-state index contributed by atoms with van der Waals surface area (Å²) in [6.45, 7) is 2.37. The first-order valence-corrected chi connectivity index (χ1v) is 12.2. The van der Waals surface area contributed by atoms with E-state index >= 15 is 0 Å². The van der Waals surface area contributed by atoms with Crippen LogP contribution in [0.2, 0.25) is 0 Å². The van der Waals surface area contributed by atoms with Crippen LogP contribution in [0.1, 0.15) is 13.8 Å². The zero-order valence-electron chi connectivity index (χ0n) is 18.2. The van der Waals surface area contributed by atoms with Gasteiger partial charge in [0.05, 0.1) is 9.75 Å². The van der Waals surface area contributed by atoms with Gasteiger partial charge in [0.2, 0.25) is 5.79 Å². The van der Waals surface area contributed by atoms with E-state index in [1.807, 2.05) is 0 Å². The molecule has 184 valence electrons. The number of halogens is 4. The summed E-state index contributed by atoms with van der Waals surface area (Å²) in [5.41, 5.74) is -3.40. The van der Waals surface area contributed by atoms with Crippen LogP contribution in [0.5, 0.6) is 0 Å². The Hall–Kier alpha value is -0.840. The van der Waals surface area contributed by atoms with E-state index in [1.165, 1.54) is 28.1 Å². The highest BCUT2D eigenvalue weighted by Gasteiger charge is 3.20. The molecule has 0 spiro atoms. The average Bonchev–Trinajstić information content (AvgIpc) is 3.22. The number of rotatable bonds is 4. The molecule has 0 aromatic carbocycles. The Labute approximate surface area is 212 Å². The molecule has 0 amide bonds. The van der Waals surface area contributed by atoms with Crippen molar-refractivity contribution in [1.82, 2.24) is 0 Å². The molecule has 34 heavy (non-hydrogen) atoms. The van der Waals surface area contributed by atoms with Gasteiger partial charge in [0.25, 0.3) is 0 Å². The maximum atomic E-state index is 13.2. The molecule has 13 heteroatoms. The van der Waals surface area contributed by atoms with E-state index < -0.39 is 95.9 Å². The second-order valence-electron chi connectivity index (χ2n) is 10.4. The third-order valence-corrected chi connectivity index (χ3v) is 13.6. The van der Waals surface area contributed by atoms with Crippen molar-refractivity contribution >= 4 is 70.3 Å². The second kappa shape index (κ2) is 5.38. The Morgan fingerprint density at radius 3 is 1.32 bits per heavy atom. The van der Waals surface area contributed by atoms with Gasteiger partial charge in [0, 0.05) is 51.7 Å². The SMILES string of the molecule is COC1(OC)[C@]2(Cl)[C@@H]3[C@H]4[C@@]5(OC(C)=O)[C@@H]6C(=O)OC(=O)[C@@H]6[C@]3(OC(C)=O)[C@@H]3[C@H]5[C@@](Cl)([C@@]32Cl)[C@]41Cl. The normalized spacial score (nSPS) is 61.5. The van der Waals surface area contributed by atoms with Gasteiger partial charge in [-0.25, -0.2) is 0 Å². The zero-order chi connectivity index (χ0) is 24.8. The fraction of sp³-hybridized carbons (Fsp3) is 0.810. The maximum Gasteiger partial charge on any atom is 0.321 e. The Balaban J connectivity index is 1.67. The first-order chi connectivity index (χ1) is 15.7. The number of hydrogen-bond donors (Lipinski definition) is 0. The van der Waals surface area contributed by atoms with Gasteiger partial charge in [0.15, 0.2) is 0 Å². The molecule has 8 aliphatic rings. The van der Waals surface area contributed by atoms with Crippen LogP contribution in [0.15, 0.2) is 0 Å². The topological polar surface area (TPSA) is 114 Å². The Kier molecular flexibility index (Phi) is 3.54. The summed E-state index contributed by atoms with van der Waals surface area (Å²) in [5.74, 6) is -11.6. The molecule has 0 aromatic heterocycles. The molecule has 1 heterocycles. The highest BCUT2D eigenvalue weighted by atomic mass is 35.5. The van der Waals surface area contributed by atoms with Crippen molar-refractivity contribution in [2.24, 2.45) is 35.5 Å². The van der Waals surface area contributed by atoms with Crippen LogP contribution in [0.4, 0.5) is 0 Å². The van der Waals surface area contributed by atoms with Crippen LogP contribution in [0.25, 0.3) is 0 Å². The number of ether oxygens (including phenoxy) is 5. The number of alkyl halides is 4. The van der Waals surface area contributed by atoms with Crippen LogP contribution in [-0.4, -0.2) is 74.6 Å². The lowest BCUT2D eigenvalue weighted by atomic mass is 9.40. The molecule has 4 bridgehead atoms. The lowest BCUT2D eigenvalue weighted by Gasteiger charge is -2.69. The summed E-state index contributed by atoms with van der Waals surface area (Å²) >= 11 is 29.7. The fourth-order valence-corrected chi connectivity index (χ4v) is 13.7. The minimum Gasteiger partial charge on any atom is -0.458 e. The summed E-state index contributed by atoms with van der Waals surface area (Å²) in [6, 6.07) is 0. The second-order valence-corrected chi connectivity index (χ2v) is 12.8. The lowest BCUT2D eigenvalue weighted by molar-refractivity contribution is -0.299. The molecular weight excluding hydrogens is 538 g/mol. The quantitative estimate of drug-likeness (QED) is 0.167. The Morgan fingerprint density at radius 1 is 0.706 bits per heavy atom. The van der Waals surface area contributed by atoms with E-state index in [4.69, 9.17) is 70.1 Å². The van der Waals surface area contributed by atoms with E-state index in [1.54, 1.807) is 0 Å². The molecule has 7 aliphatic carbocycles. The standard InChI is InChI=1S/C21H18Cl4O9/c1-5(26)33-15-7-8(14(29)32-13(7)28)16(34-6(2)27)10-9(15)17(22)18(10,23)20(25)12(16)11(15)19(17,24)21(20,30-3)31-4/h7-12H,1-4H3/t7-,8+,9+,10-,11-,12+,15+,16-,17+,18-,19+,20-. The van der Waals surface area contributed by atoms with Gasteiger partial charge >= 0.3 is 23.9 Å². The first-order valence-electron chi connectivity index (χ1n) is 10.7. The summed E-state index contributed by atoms with van der Waals surface area (Å²) < 4.78 is 28.9. The molecule has 8 fully saturated rings. The highest BCUT2D eigenvalue weighted by molar-refractivity contribution is 6.51. The van der Waals surface area contributed by atoms with Crippen LogP contribution < -0.4 is 0 Å². The van der Waals surface area contributed by atoms with Crippen molar-refractivity contribution in [3.63, 3.8) is 0 Å². The number of cyclic esters (lactones) is 2. The van der Waals surface area contributed by atoms with Crippen molar-refractivity contribution in [3.8, 4) is 0 Å². The molecule has 0 unspecified atom stereocenters. The van der Waals surface area contributed by atoms with Crippen molar-refractivity contribution in [1.29, 1.82) is 0 Å². The summed E-state index contributed by atoms with van der Waals surface area (Å²) in [7, 11) is 2.67. The molecule has 1 saturated heterocycles. The number of methoxy groups -OCH3 is 2. The third kappa shape index (κ3) is 1.36. The van der Waals surface area contributed by atoms with Gasteiger partial charge in [-0.2, -0.15) is 0 Å². The van der Waals surface area contributed by atoms with Crippen molar-refractivity contribution in [2.75, 3.05) is 14.2 Å². The first kappa shape index (κ1) is 22.4. The predicted octanol–water partition coefficient (Wildman–Crippen LogP) is 1.35. The third-order valence-electron chi connectivity index (χ3n) is 10.1. The Bertz CT molecular complexity index is 1090. The molecular formula is C21H18Cl4O9. The fourth-order valence-electron chi connectivity index (χ4n) is 10.3. The molecule has 9 nitrogen and oxygen atoms in total. The van der Waals surface area contributed by atoms with Crippen LogP contribution in [0.3, 0.4) is 0 Å². The van der Waals surface area contributed by atoms with E-state index in [9.17, 15) is 19.2 Å². The highest BCUT2D eigenvalue weighted by Crippen LogP contribution is 3.03. The van der Waals surface area contributed by atoms with E-state index in [0.717, 1.165) is 0 Å². The molecule has 1 aliphatic heterocycles. The number of carbonyl (C=O) groups is 4. The molecule has 8 rings (SSSR count). The van der Waals surface area contributed by atoms with Gasteiger partial charge < -0.3 is 23.7 Å². The van der Waals surface area contributed by atoms with E-state index in [2.05, 4.69) is 0 Å². The Morgan fingerprint density at radius 2 is 1.03 bits per heavy atom. The van der Waals surface area contributed by atoms with Gasteiger partial charge in [-0.15, -0.1) is 46.4 Å². The zero-order valence-corrected chi connectivity index (χ0v) is 21.2. The smallest absolute Gasteiger partial charge is 0.321 e. The predicted molar refractivity (Wildman–Crippen MR) is 112 cm³/mol. The number of hydrogen-bond acceptors (Lipinski definition) is 9. The summed E-state index contributed by atoms with van der Waals surface area (Å²) in [4.78, 5) is 44.7. The van der Waals surface area contributed by atoms with Gasteiger partial charge in [-0.05, 0) is 0 Å². The molecule has 0 radical (unpaired) electrons. The summed E-state index contributed by atoms with van der Waals surface area (Å²) in [5, 5.41) is 0. The molecule has 7 saturated carbocycles. The van der Waals surface area contributed by atoms with Crippen molar-refractivity contribution < 1.29 is 42.9 Å². The van der Waals surface area contributed by atoms with E-state index in [-0.39, 0.29) is 0 Å². The largest absolute Gasteiger partial charge is 0.458 e.